The molecule has 2 heterocycles. The molecule has 0 saturated carbocycles. The van der Waals surface area contributed by atoms with Crippen LogP contribution in [0, 0.1) is 0 Å². The van der Waals surface area contributed by atoms with E-state index in [0.717, 1.165) is 0 Å². The Kier molecular flexibility index (Phi) is 4.19. The van der Waals surface area contributed by atoms with Gasteiger partial charge < -0.3 is 9.30 Å². The number of hydrogen-bond acceptors (Lipinski definition) is 5. The molecule has 0 aromatic carbocycles. The zero-order valence-corrected chi connectivity index (χ0v) is 12.1. The molecule has 19 heavy (non-hydrogen) atoms. The highest BCUT2D eigenvalue weighted by Crippen LogP contribution is 2.33. The molecule has 1 saturated heterocycles. The minimum Gasteiger partial charge on any atom is -0.380 e. The van der Waals surface area contributed by atoms with Crippen molar-refractivity contribution in [3.05, 3.63) is 12.2 Å². The summed E-state index contributed by atoms with van der Waals surface area (Å²) in [6.45, 7) is 2.42. The summed E-state index contributed by atoms with van der Waals surface area (Å²) in [6.07, 6.45) is 2.01. The number of aromatic nitrogens is 3. The summed E-state index contributed by atoms with van der Waals surface area (Å²) in [4.78, 5) is 0. The molecule has 1 aromatic rings. The lowest BCUT2D eigenvalue weighted by molar-refractivity contribution is 0.114. The summed E-state index contributed by atoms with van der Waals surface area (Å²) in [5.41, 5.74) is 0. The molecule has 2 atom stereocenters. The lowest BCUT2D eigenvalue weighted by Crippen LogP contribution is -2.41. The van der Waals surface area contributed by atoms with Gasteiger partial charge in [-0.2, -0.15) is 12.7 Å². The van der Waals surface area contributed by atoms with E-state index >= 15 is 0 Å². The largest absolute Gasteiger partial charge is 0.380 e. The quantitative estimate of drug-likeness (QED) is 0.784. The molecule has 108 valence electrons. The topological polar surface area (TPSA) is 89.3 Å². The molecular weight excluding hydrogens is 270 g/mol. The van der Waals surface area contributed by atoms with Crippen LogP contribution in [0.2, 0.25) is 0 Å². The standard InChI is InChI=1S/C10H19N5O3S/c1-4-12-19(16,17)15-6-8(18-3)5-9(15)10-13-11-7-14(10)2/h7-9,12H,4-6H2,1-3H3/t8-,9+/m1/s1. The zero-order chi connectivity index (χ0) is 14.0. The van der Waals surface area contributed by atoms with E-state index in [1.54, 1.807) is 32.0 Å². The normalized spacial score (nSPS) is 25.0. The van der Waals surface area contributed by atoms with Crippen molar-refractivity contribution < 1.29 is 13.2 Å². The first-order valence-electron chi connectivity index (χ1n) is 6.12. The van der Waals surface area contributed by atoms with Crippen LogP contribution in [0.5, 0.6) is 0 Å². The Hall–Kier alpha value is -1.03. The summed E-state index contributed by atoms with van der Waals surface area (Å²) in [5.74, 6) is 0.626. The minimum absolute atomic E-state index is 0.130. The fraction of sp³-hybridized carbons (Fsp3) is 0.800. The monoisotopic (exact) mass is 289 g/mol. The Morgan fingerprint density at radius 2 is 2.32 bits per heavy atom. The van der Waals surface area contributed by atoms with E-state index in [-0.39, 0.29) is 12.1 Å². The van der Waals surface area contributed by atoms with Crippen LogP contribution in [0.25, 0.3) is 0 Å². The highest BCUT2D eigenvalue weighted by atomic mass is 32.2. The van der Waals surface area contributed by atoms with Crippen molar-refractivity contribution in [2.75, 3.05) is 20.2 Å². The molecule has 0 aliphatic carbocycles. The summed E-state index contributed by atoms with van der Waals surface area (Å²) < 4.78 is 35.4. The number of rotatable bonds is 5. The van der Waals surface area contributed by atoms with Gasteiger partial charge in [0.15, 0.2) is 5.82 Å². The van der Waals surface area contributed by atoms with Crippen LogP contribution in [0.1, 0.15) is 25.2 Å². The van der Waals surface area contributed by atoms with Crippen molar-refractivity contribution in [2.24, 2.45) is 7.05 Å². The summed E-state index contributed by atoms with van der Waals surface area (Å²) >= 11 is 0. The van der Waals surface area contributed by atoms with E-state index in [4.69, 9.17) is 4.74 Å². The fourth-order valence-electron chi connectivity index (χ4n) is 2.30. The third-order valence-corrected chi connectivity index (χ3v) is 4.91. The Bertz CT molecular complexity index is 529. The van der Waals surface area contributed by atoms with Gasteiger partial charge in [-0.05, 0) is 6.42 Å². The molecule has 1 fully saturated rings. The lowest BCUT2D eigenvalue weighted by Gasteiger charge is -2.22. The molecule has 1 N–H and O–H groups in total. The molecule has 0 radical (unpaired) electrons. The van der Waals surface area contributed by atoms with E-state index in [0.29, 0.717) is 25.3 Å². The number of nitrogens with one attached hydrogen (secondary N) is 1. The third-order valence-electron chi connectivity index (χ3n) is 3.23. The number of hydrogen-bond donors (Lipinski definition) is 1. The molecule has 0 bridgehead atoms. The number of nitrogens with zero attached hydrogens (tertiary/aromatic N) is 4. The zero-order valence-electron chi connectivity index (χ0n) is 11.3. The van der Waals surface area contributed by atoms with Gasteiger partial charge in [0.2, 0.25) is 0 Å². The van der Waals surface area contributed by atoms with Crippen molar-refractivity contribution >= 4 is 10.2 Å². The number of aryl methyl sites for hydroxylation is 1. The van der Waals surface area contributed by atoms with Gasteiger partial charge >= 0.3 is 0 Å². The average Bonchev–Trinajstić information content (AvgIpc) is 2.94. The van der Waals surface area contributed by atoms with Crippen LogP contribution >= 0.6 is 0 Å². The van der Waals surface area contributed by atoms with E-state index in [1.165, 1.54) is 4.31 Å². The lowest BCUT2D eigenvalue weighted by atomic mass is 10.2. The molecule has 0 spiro atoms. The molecule has 1 aliphatic rings. The second-order valence-corrected chi connectivity index (χ2v) is 6.19. The van der Waals surface area contributed by atoms with Gasteiger partial charge in [-0.3, -0.25) is 0 Å². The van der Waals surface area contributed by atoms with Gasteiger partial charge in [-0.25, -0.2) is 4.72 Å². The SMILES string of the molecule is CCNS(=O)(=O)N1C[C@H](OC)C[C@H]1c1nncn1C. The Morgan fingerprint density at radius 1 is 1.58 bits per heavy atom. The van der Waals surface area contributed by atoms with Crippen molar-refractivity contribution in [3.63, 3.8) is 0 Å². The number of methoxy groups -OCH3 is 1. The highest BCUT2D eigenvalue weighted by Gasteiger charge is 2.42. The smallest absolute Gasteiger partial charge is 0.280 e. The van der Waals surface area contributed by atoms with E-state index < -0.39 is 10.2 Å². The van der Waals surface area contributed by atoms with Crippen LogP contribution in [-0.4, -0.2) is 53.8 Å². The molecule has 8 nitrogen and oxygen atoms in total. The van der Waals surface area contributed by atoms with Gasteiger partial charge in [0.25, 0.3) is 10.2 Å². The van der Waals surface area contributed by atoms with Gasteiger partial charge in [-0.1, -0.05) is 6.92 Å². The van der Waals surface area contributed by atoms with Gasteiger partial charge in [-0.15, -0.1) is 10.2 Å². The summed E-state index contributed by atoms with van der Waals surface area (Å²) in [6, 6.07) is -0.346. The molecule has 2 rings (SSSR count). The van der Waals surface area contributed by atoms with E-state index in [1.807, 2.05) is 0 Å². The fourth-order valence-corrected chi connectivity index (χ4v) is 3.71. The minimum atomic E-state index is -3.52. The van der Waals surface area contributed by atoms with Gasteiger partial charge in [0.1, 0.15) is 6.33 Å². The van der Waals surface area contributed by atoms with E-state index in [9.17, 15) is 8.42 Å². The average molecular weight is 289 g/mol. The summed E-state index contributed by atoms with van der Waals surface area (Å²) in [7, 11) is -0.139. The maximum Gasteiger partial charge on any atom is 0.280 e. The van der Waals surface area contributed by atoms with Gasteiger partial charge in [0, 0.05) is 27.2 Å². The first kappa shape index (κ1) is 14.4. The molecule has 9 heteroatoms. The van der Waals surface area contributed by atoms with E-state index in [2.05, 4.69) is 14.9 Å². The maximum atomic E-state index is 12.2. The van der Waals surface area contributed by atoms with Crippen LogP contribution in [0.15, 0.2) is 6.33 Å². The predicted octanol–water partition coefficient (Wildman–Crippen LogP) is -0.569. The van der Waals surface area contributed by atoms with Gasteiger partial charge in [0.05, 0.1) is 12.1 Å². The van der Waals surface area contributed by atoms with Crippen LogP contribution in [0.3, 0.4) is 0 Å². The van der Waals surface area contributed by atoms with Crippen molar-refractivity contribution in [1.82, 2.24) is 23.8 Å². The second kappa shape index (κ2) is 5.53. The van der Waals surface area contributed by atoms with Crippen LogP contribution in [-0.2, 0) is 22.0 Å². The molecule has 1 aromatic heterocycles. The summed E-state index contributed by atoms with van der Waals surface area (Å²) in [5, 5.41) is 7.82. The first-order chi connectivity index (χ1) is 8.99. The Labute approximate surface area is 112 Å². The van der Waals surface area contributed by atoms with Crippen LogP contribution < -0.4 is 4.72 Å². The van der Waals surface area contributed by atoms with Crippen molar-refractivity contribution in [2.45, 2.75) is 25.5 Å². The second-order valence-electron chi connectivity index (χ2n) is 4.48. The van der Waals surface area contributed by atoms with Crippen molar-refractivity contribution in [1.29, 1.82) is 0 Å². The molecule has 0 unspecified atom stereocenters. The molecule has 0 amide bonds. The third kappa shape index (κ3) is 2.78. The molecular formula is C10H19N5O3S. The molecule has 1 aliphatic heterocycles. The Balaban J connectivity index is 2.32. The predicted molar refractivity (Wildman–Crippen MR) is 68.5 cm³/mol. The van der Waals surface area contributed by atoms with Crippen molar-refractivity contribution in [3.8, 4) is 0 Å². The number of ether oxygens (including phenoxy) is 1. The maximum absolute atomic E-state index is 12.2. The first-order valence-corrected chi connectivity index (χ1v) is 7.56. The van der Waals surface area contributed by atoms with Crippen LogP contribution in [0.4, 0.5) is 0 Å². The highest BCUT2D eigenvalue weighted by molar-refractivity contribution is 7.87. The Morgan fingerprint density at radius 3 is 2.84 bits per heavy atom.